The van der Waals surface area contributed by atoms with Crippen molar-refractivity contribution in [2.45, 2.75) is 44.7 Å². The van der Waals surface area contributed by atoms with Gasteiger partial charge in [0.05, 0.1) is 31.7 Å². The van der Waals surface area contributed by atoms with Gasteiger partial charge in [-0.2, -0.15) is 0 Å². The minimum atomic E-state index is -1.44. The van der Waals surface area contributed by atoms with E-state index >= 15 is 0 Å². The summed E-state index contributed by atoms with van der Waals surface area (Å²) in [6, 6.07) is 10.6. The number of hydrogen-bond donors (Lipinski definition) is 6. The minimum Gasteiger partial charge on any atom is -0.481 e. The number of carboxylic acids is 1. The number of carboxylic acid groups (broad SMARTS) is 1. The Hall–Kier alpha value is -4.56. The smallest absolute Gasteiger partial charge is 0.481 e. The van der Waals surface area contributed by atoms with Gasteiger partial charge in [0.1, 0.15) is 11.9 Å². The molecule has 0 spiro atoms. The summed E-state index contributed by atoms with van der Waals surface area (Å²) in [6.45, 7) is 1.84. The monoisotopic (exact) mass is 603 g/mol. The van der Waals surface area contributed by atoms with E-state index in [0.29, 0.717) is 16.5 Å². The number of halogens is 1. The molecule has 0 saturated carbocycles. The van der Waals surface area contributed by atoms with Crippen LogP contribution in [0.2, 0.25) is 0 Å². The van der Waals surface area contributed by atoms with E-state index in [9.17, 15) is 38.7 Å². The molecule has 6 N–H and O–H groups in total. The molecule has 226 valence electrons. The Kier molecular flexibility index (Phi) is 9.11. The van der Waals surface area contributed by atoms with E-state index in [2.05, 4.69) is 16.0 Å². The van der Waals surface area contributed by atoms with Gasteiger partial charge in [0.25, 0.3) is 11.8 Å². The van der Waals surface area contributed by atoms with Crippen molar-refractivity contribution in [2.24, 2.45) is 0 Å². The highest BCUT2D eigenvalue weighted by atomic mass is 19.1. The molecule has 5 rings (SSSR count). The SMILES string of the molecule is CC(NC(=O)c1ccc2c(c1)B(O)OC2)C(NC(=O)c1ccc2c(c1)B(O)OC2)C(=O)NC(CC(=O)O)c1cccc(F)c1. The zero-order chi connectivity index (χ0) is 31.5. The maximum atomic E-state index is 14.0. The summed E-state index contributed by atoms with van der Waals surface area (Å²) >= 11 is 0. The van der Waals surface area contributed by atoms with E-state index in [1.807, 2.05) is 0 Å². The summed E-state index contributed by atoms with van der Waals surface area (Å²) in [5, 5.41) is 37.4. The summed E-state index contributed by atoms with van der Waals surface area (Å²) in [4.78, 5) is 51.8. The van der Waals surface area contributed by atoms with E-state index in [0.717, 1.165) is 11.6 Å². The van der Waals surface area contributed by atoms with Crippen molar-refractivity contribution in [3.05, 3.63) is 94.3 Å². The Morgan fingerprint density at radius 2 is 1.41 bits per heavy atom. The fourth-order valence-corrected chi connectivity index (χ4v) is 5.14. The molecule has 2 aliphatic heterocycles. The van der Waals surface area contributed by atoms with Gasteiger partial charge in [0.15, 0.2) is 0 Å². The maximum absolute atomic E-state index is 14.0. The number of benzene rings is 3. The lowest BCUT2D eigenvalue weighted by Gasteiger charge is -2.28. The molecule has 3 aromatic rings. The summed E-state index contributed by atoms with van der Waals surface area (Å²) in [7, 11) is -2.40. The van der Waals surface area contributed by atoms with Crippen LogP contribution >= 0.6 is 0 Å². The second-order valence-corrected chi connectivity index (χ2v) is 10.6. The Morgan fingerprint density at radius 3 is 1.95 bits per heavy atom. The van der Waals surface area contributed by atoms with Crippen LogP contribution in [-0.2, 0) is 32.1 Å². The number of fused-ring (bicyclic) bond motifs is 2. The molecule has 0 aliphatic carbocycles. The van der Waals surface area contributed by atoms with Gasteiger partial charge in [-0.05, 0) is 70.9 Å². The fraction of sp³-hybridized carbons (Fsp3) is 0.241. The standard InChI is InChI=1S/C29H28B2FN3O9/c1-15(33-27(38)17-5-7-19-13-43-30(41)22(19)10-17)26(35-28(39)18-6-8-20-14-44-31(42)23(20)11-18)29(40)34-24(12-25(36)37)16-3-2-4-21(32)9-16/h2-11,15,24,26,41-42H,12-14H2,1H3,(H,33,38)(H,34,40)(H,35,39)(H,36,37). The van der Waals surface area contributed by atoms with Gasteiger partial charge in [-0.3, -0.25) is 19.2 Å². The first-order chi connectivity index (χ1) is 21.0. The predicted octanol–water partition coefficient (Wildman–Crippen LogP) is -0.490. The number of hydrogen-bond acceptors (Lipinski definition) is 8. The highest BCUT2D eigenvalue weighted by molar-refractivity contribution is 6.62. The van der Waals surface area contributed by atoms with Crippen molar-refractivity contribution < 1.29 is 48.0 Å². The van der Waals surface area contributed by atoms with Crippen LogP contribution in [-0.4, -0.2) is 65.2 Å². The number of aliphatic carboxylic acids is 1. The average molecular weight is 603 g/mol. The first-order valence-corrected chi connectivity index (χ1v) is 13.7. The van der Waals surface area contributed by atoms with Crippen LogP contribution in [0, 0.1) is 5.82 Å². The van der Waals surface area contributed by atoms with Crippen molar-refractivity contribution in [3.8, 4) is 0 Å². The van der Waals surface area contributed by atoms with Gasteiger partial charge in [0.2, 0.25) is 5.91 Å². The average Bonchev–Trinajstić information content (AvgIpc) is 3.56. The van der Waals surface area contributed by atoms with Crippen LogP contribution in [0.3, 0.4) is 0 Å². The Balaban J connectivity index is 1.40. The molecule has 3 atom stereocenters. The van der Waals surface area contributed by atoms with Crippen LogP contribution in [0.1, 0.15) is 56.8 Å². The molecule has 3 amide bonds. The van der Waals surface area contributed by atoms with Gasteiger partial charge in [-0.1, -0.05) is 24.3 Å². The second kappa shape index (κ2) is 13.0. The molecule has 0 aromatic heterocycles. The van der Waals surface area contributed by atoms with Crippen molar-refractivity contribution in [1.29, 1.82) is 0 Å². The summed E-state index contributed by atoms with van der Waals surface area (Å²) < 4.78 is 24.3. The molecule has 0 fully saturated rings. The fourth-order valence-electron chi connectivity index (χ4n) is 5.14. The largest absolute Gasteiger partial charge is 0.491 e. The summed E-state index contributed by atoms with van der Waals surface area (Å²) in [5.74, 6) is -4.07. The van der Waals surface area contributed by atoms with Crippen molar-refractivity contribution >= 4 is 48.9 Å². The van der Waals surface area contributed by atoms with Crippen LogP contribution in [0.25, 0.3) is 0 Å². The Labute approximate surface area is 251 Å². The first-order valence-electron chi connectivity index (χ1n) is 13.7. The molecule has 2 aliphatic rings. The third-order valence-electron chi connectivity index (χ3n) is 7.52. The van der Waals surface area contributed by atoms with E-state index in [1.165, 1.54) is 49.4 Å². The lowest BCUT2D eigenvalue weighted by molar-refractivity contribution is -0.137. The molecule has 0 saturated heterocycles. The highest BCUT2D eigenvalue weighted by Crippen LogP contribution is 2.19. The number of carbonyl (C=O) groups is 4. The van der Waals surface area contributed by atoms with E-state index in [-0.39, 0.29) is 29.9 Å². The molecule has 3 unspecified atom stereocenters. The first kappa shape index (κ1) is 30.9. The van der Waals surface area contributed by atoms with Gasteiger partial charge in [-0.15, -0.1) is 0 Å². The lowest BCUT2D eigenvalue weighted by Crippen LogP contribution is -2.58. The summed E-state index contributed by atoms with van der Waals surface area (Å²) in [5.41, 5.74) is 2.71. The number of rotatable bonds is 10. The highest BCUT2D eigenvalue weighted by Gasteiger charge is 2.34. The van der Waals surface area contributed by atoms with Crippen LogP contribution in [0.15, 0.2) is 60.7 Å². The third-order valence-corrected chi connectivity index (χ3v) is 7.52. The van der Waals surface area contributed by atoms with Crippen LogP contribution in [0.4, 0.5) is 4.39 Å². The predicted molar refractivity (Wildman–Crippen MR) is 155 cm³/mol. The zero-order valence-corrected chi connectivity index (χ0v) is 23.5. The van der Waals surface area contributed by atoms with E-state index in [1.54, 1.807) is 12.1 Å². The molecule has 15 heteroatoms. The number of nitrogens with one attached hydrogen (secondary N) is 3. The summed E-state index contributed by atoms with van der Waals surface area (Å²) in [6.07, 6.45) is -0.584. The second-order valence-electron chi connectivity index (χ2n) is 10.6. The topological polar surface area (TPSA) is 184 Å². The number of carbonyl (C=O) groups excluding carboxylic acids is 3. The quantitative estimate of drug-likeness (QED) is 0.167. The lowest BCUT2D eigenvalue weighted by atomic mass is 9.78. The normalized spacial score (nSPS) is 15.5. The van der Waals surface area contributed by atoms with E-state index in [4.69, 9.17) is 9.31 Å². The molecule has 12 nitrogen and oxygen atoms in total. The molecule has 0 bridgehead atoms. The molecule has 2 heterocycles. The van der Waals surface area contributed by atoms with Crippen molar-refractivity contribution in [2.75, 3.05) is 0 Å². The Morgan fingerprint density at radius 1 is 0.841 bits per heavy atom. The molecule has 0 radical (unpaired) electrons. The van der Waals surface area contributed by atoms with Crippen LogP contribution in [0.5, 0.6) is 0 Å². The van der Waals surface area contributed by atoms with Gasteiger partial charge in [0, 0.05) is 11.1 Å². The maximum Gasteiger partial charge on any atom is 0.491 e. The Bertz CT molecular complexity index is 1620. The van der Waals surface area contributed by atoms with E-state index < -0.39 is 68.3 Å². The minimum absolute atomic E-state index is 0.101. The van der Waals surface area contributed by atoms with Crippen LogP contribution < -0.4 is 26.9 Å². The van der Waals surface area contributed by atoms with Crippen molar-refractivity contribution in [3.63, 3.8) is 0 Å². The molecular weight excluding hydrogens is 575 g/mol. The molecular formula is C29H28B2FN3O9. The van der Waals surface area contributed by atoms with Gasteiger partial charge < -0.3 is 40.4 Å². The van der Waals surface area contributed by atoms with Gasteiger partial charge >= 0.3 is 20.2 Å². The third kappa shape index (κ3) is 6.81. The number of amides is 3. The van der Waals surface area contributed by atoms with Gasteiger partial charge in [-0.25, -0.2) is 4.39 Å². The molecule has 3 aromatic carbocycles. The van der Waals surface area contributed by atoms with Crippen molar-refractivity contribution in [1.82, 2.24) is 16.0 Å². The zero-order valence-electron chi connectivity index (χ0n) is 23.5. The molecule has 44 heavy (non-hydrogen) atoms.